The number of aliphatic hydroxyl groups is 1. The zero-order valence-electron chi connectivity index (χ0n) is 10.8. The summed E-state index contributed by atoms with van der Waals surface area (Å²) >= 11 is 0. The summed E-state index contributed by atoms with van der Waals surface area (Å²) < 4.78 is 32.3. The molecule has 0 bridgehead atoms. The number of aliphatic hydroxyl groups excluding tert-OH is 1. The summed E-state index contributed by atoms with van der Waals surface area (Å²) in [5, 5.41) is 9.53. The van der Waals surface area contributed by atoms with Gasteiger partial charge in [0.2, 0.25) is 0 Å². The summed E-state index contributed by atoms with van der Waals surface area (Å²) in [4.78, 5) is 6.74. The molecular formula is C11H19N3O4S. The Morgan fingerprint density at radius 2 is 2.21 bits per heavy atom. The summed E-state index contributed by atoms with van der Waals surface area (Å²) in [6, 6.07) is 0. The van der Waals surface area contributed by atoms with Gasteiger partial charge in [0.15, 0.2) is 5.03 Å². The number of imidazole rings is 1. The number of nitrogens with zero attached hydrogens (tertiary/aromatic N) is 1. The molecule has 1 aromatic rings. The van der Waals surface area contributed by atoms with Crippen molar-refractivity contribution in [1.82, 2.24) is 14.7 Å². The van der Waals surface area contributed by atoms with Crippen LogP contribution in [0.4, 0.5) is 0 Å². The van der Waals surface area contributed by atoms with E-state index in [2.05, 4.69) is 14.7 Å². The number of ether oxygens (including phenoxy) is 1. The van der Waals surface area contributed by atoms with Crippen LogP contribution in [-0.4, -0.2) is 48.9 Å². The number of H-pyrrole nitrogens is 1. The predicted octanol–water partition coefficient (Wildman–Crippen LogP) is -0.208. The third kappa shape index (κ3) is 3.14. The minimum atomic E-state index is -3.70. The molecule has 108 valence electrons. The van der Waals surface area contributed by atoms with Crippen molar-refractivity contribution in [3.8, 4) is 0 Å². The van der Waals surface area contributed by atoms with Crippen LogP contribution >= 0.6 is 0 Å². The van der Waals surface area contributed by atoms with E-state index in [4.69, 9.17) is 4.74 Å². The van der Waals surface area contributed by atoms with Crippen molar-refractivity contribution in [2.75, 3.05) is 19.8 Å². The van der Waals surface area contributed by atoms with Crippen molar-refractivity contribution in [1.29, 1.82) is 0 Å². The second-order valence-electron chi connectivity index (χ2n) is 4.70. The Labute approximate surface area is 112 Å². The molecule has 0 radical (unpaired) electrons. The molecule has 7 nitrogen and oxygen atoms in total. The SMILES string of the molecule is CCc1ncc(S(=O)(=O)NC2(CO)CCOCC2)[nH]1. The maximum absolute atomic E-state index is 12.3. The van der Waals surface area contributed by atoms with Gasteiger partial charge in [-0.3, -0.25) is 0 Å². The van der Waals surface area contributed by atoms with Gasteiger partial charge in [-0.15, -0.1) is 0 Å². The van der Waals surface area contributed by atoms with Gasteiger partial charge in [-0.25, -0.2) is 18.1 Å². The van der Waals surface area contributed by atoms with Crippen LogP contribution in [0.25, 0.3) is 0 Å². The summed E-state index contributed by atoms with van der Waals surface area (Å²) in [7, 11) is -3.70. The average Bonchev–Trinajstić information content (AvgIpc) is 2.89. The van der Waals surface area contributed by atoms with Crippen LogP contribution in [0.15, 0.2) is 11.2 Å². The second kappa shape index (κ2) is 5.58. The zero-order valence-corrected chi connectivity index (χ0v) is 11.7. The van der Waals surface area contributed by atoms with Crippen LogP contribution in [0.5, 0.6) is 0 Å². The highest BCUT2D eigenvalue weighted by Gasteiger charge is 2.37. The lowest BCUT2D eigenvalue weighted by molar-refractivity contribution is 0.0222. The fraction of sp³-hybridized carbons (Fsp3) is 0.727. The molecule has 1 saturated heterocycles. The number of nitrogens with one attached hydrogen (secondary N) is 2. The molecule has 0 atom stereocenters. The van der Waals surface area contributed by atoms with Gasteiger partial charge in [-0.05, 0) is 12.8 Å². The van der Waals surface area contributed by atoms with E-state index in [1.54, 1.807) is 0 Å². The van der Waals surface area contributed by atoms with Gasteiger partial charge in [0.1, 0.15) is 5.82 Å². The maximum atomic E-state index is 12.3. The van der Waals surface area contributed by atoms with E-state index in [0.717, 1.165) is 0 Å². The van der Waals surface area contributed by atoms with Crippen LogP contribution < -0.4 is 4.72 Å². The number of sulfonamides is 1. The zero-order chi connectivity index (χ0) is 13.9. The number of aromatic amines is 1. The van der Waals surface area contributed by atoms with E-state index in [9.17, 15) is 13.5 Å². The van der Waals surface area contributed by atoms with Crippen molar-refractivity contribution in [3.63, 3.8) is 0 Å². The standard InChI is InChI=1S/C11H19N3O4S/c1-2-9-12-7-10(13-9)19(16,17)14-11(8-15)3-5-18-6-4-11/h7,14-15H,2-6,8H2,1H3,(H,12,13). The molecule has 1 fully saturated rings. The molecule has 1 aliphatic rings. The molecule has 0 unspecified atom stereocenters. The normalized spacial score (nSPS) is 19.5. The van der Waals surface area contributed by atoms with Gasteiger partial charge < -0.3 is 14.8 Å². The van der Waals surface area contributed by atoms with Gasteiger partial charge in [0.05, 0.1) is 18.3 Å². The van der Waals surface area contributed by atoms with Crippen LogP contribution in [0.2, 0.25) is 0 Å². The molecule has 8 heteroatoms. The summed E-state index contributed by atoms with van der Waals surface area (Å²) in [6.07, 6.45) is 2.84. The van der Waals surface area contributed by atoms with E-state index in [1.165, 1.54) is 6.20 Å². The maximum Gasteiger partial charge on any atom is 0.258 e. The van der Waals surface area contributed by atoms with Crippen molar-refractivity contribution in [2.45, 2.75) is 36.8 Å². The Kier molecular flexibility index (Phi) is 4.24. The van der Waals surface area contributed by atoms with Crippen molar-refractivity contribution < 1.29 is 18.3 Å². The number of aryl methyl sites for hydroxylation is 1. The fourth-order valence-corrected chi connectivity index (χ4v) is 3.45. The minimum absolute atomic E-state index is 0.0312. The minimum Gasteiger partial charge on any atom is -0.394 e. The molecule has 2 heterocycles. The van der Waals surface area contributed by atoms with E-state index >= 15 is 0 Å². The van der Waals surface area contributed by atoms with E-state index in [0.29, 0.717) is 38.3 Å². The molecule has 1 aliphatic heterocycles. The van der Waals surface area contributed by atoms with Crippen LogP contribution in [0, 0.1) is 0 Å². The molecule has 0 aromatic carbocycles. The Morgan fingerprint density at radius 1 is 1.53 bits per heavy atom. The monoisotopic (exact) mass is 289 g/mol. The molecule has 2 rings (SSSR count). The van der Waals surface area contributed by atoms with E-state index < -0.39 is 15.6 Å². The van der Waals surface area contributed by atoms with E-state index in [-0.39, 0.29) is 11.6 Å². The smallest absolute Gasteiger partial charge is 0.258 e. The molecule has 0 saturated carbocycles. The van der Waals surface area contributed by atoms with Gasteiger partial charge in [-0.1, -0.05) is 6.92 Å². The molecule has 1 aromatic heterocycles. The van der Waals surface area contributed by atoms with Gasteiger partial charge in [-0.2, -0.15) is 0 Å². The van der Waals surface area contributed by atoms with Gasteiger partial charge in [0, 0.05) is 19.6 Å². The fourth-order valence-electron chi connectivity index (χ4n) is 2.05. The summed E-state index contributed by atoms with van der Waals surface area (Å²) in [5.41, 5.74) is -0.839. The first-order valence-electron chi connectivity index (χ1n) is 6.28. The average molecular weight is 289 g/mol. The van der Waals surface area contributed by atoms with Crippen molar-refractivity contribution in [3.05, 3.63) is 12.0 Å². The highest BCUT2D eigenvalue weighted by atomic mass is 32.2. The topological polar surface area (TPSA) is 104 Å². The first kappa shape index (κ1) is 14.4. The van der Waals surface area contributed by atoms with E-state index in [1.807, 2.05) is 6.92 Å². The Balaban J connectivity index is 2.19. The van der Waals surface area contributed by atoms with Crippen LogP contribution in [-0.2, 0) is 21.2 Å². The van der Waals surface area contributed by atoms with Crippen molar-refractivity contribution >= 4 is 10.0 Å². The third-order valence-electron chi connectivity index (χ3n) is 3.33. The number of hydrogen-bond donors (Lipinski definition) is 3. The molecule has 0 aliphatic carbocycles. The summed E-state index contributed by atoms with van der Waals surface area (Å²) in [5.74, 6) is 0.616. The number of hydrogen-bond acceptors (Lipinski definition) is 5. The van der Waals surface area contributed by atoms with Gasteiger partial charge in [0.25, 0.3) is 10.0 Å². The number of rotatable bonds is 5. The van der Waals surface area contributed by atoms with Crippen LogP contribution in [0.1, 0.15) is 25.6 Å². The Bertz CT molecular complexity index is 520. The quantitative estimate of drug-likeness (QED) is 0.696. The van der Waals surface area contributed by atoms with Gasteiger partial charge >= 0.3 is 0 Å². The lowest BCUT2D eigenvalue weighted by Gasteiger charge is -2.35. The van der Waals surface area contributed by atoms with Crippen LogP contribution in [0.3, 0.4) is 0 Å². The second-order valence-corrected chi connectivity index (χ2v) is 6.35. The molecule has 0 amide bonds. The highest BCUT2D eigenvalue weighted by Crippen LogP contribution is 2.22. The molecular weight excluding hydrogens is 270 g/mol. The first-order chi connectivity index (χ1) is 9.01. The lowest BCUT2D eigenvalue weighted by atomic mass is 9.93. The molecule has 3 N–H and O–H groups in total. The molecule has 19 heavy (non-hydrogen) atoms. The number of aromatic nitrogens is 2. The molecule has 0 spiro atoms. The Hall–Kier alpha value is -0.960. The summed E-state index contributed by atoms with van der Waals surface area (Å²) in [6.45, 7) is 2.51. The predicted molar refractivity (Wildman–Crippen MR) is 68.2 cm³/mol. The first-order valence-corrected chi connectivity index (χ1v) is 7.76. The van der Waals surface area contributed by atoms with Crippen molar-refractivity contribution in [2.24, 2.45) is 0 Å². The highest BCUT2D eigenvalue weighted by molar-refractivity contribution is 7.89. The largest absolute Gasteiger partial charge is 0.394 e. The Morgan fingerprint density at radius 3 is 2.74 bits per heavy atom. The lowest BCUT2D eigenvalue weighted by Crippen LogP contribution is -2.54. The third-order valence-corrected chi connectivity index (χ3v) is 4.82.